The van der Waals surface area contributed by atoms with E-state index in [1.807, 2.05) is 13.8 Å². The Morgan fingerprint density at radius 3 is 2.50 bits per heavy atom. The smallest absolute Gasteiger partial charge is 0.474 e. The van der Waals surface area contributed by atoms with E-state index in [0.717, 1.165) is 4.57 Å². The van der Waals surface area contributed by atoms with Crippen LogP contribution in [0.4, 0.5) is 32.2 Å². The highest BCUT2D eigenvalue weighted by molar-refractivity contribution is 6.33. The van der Waals surface area contributed by atoms with Gasteiger partial charge in [-0.3, -0.25) is 14.3 Å². The number of hydrogen-bond donors (Lipinski definition) is 0. The minimum absolute atomic E-state index is 0.0831. The minimum atomic E-state index is -5.38. The topological polar surface area (TPSA) is 97.6 Å². The van der Waals surface area contributed by atoms with Gasteiger partial charge in [-0.15, -0.1) is 4.57 Å². The van der Waals surface area contributed by atoms with Crippen LogP contribution in [0.25, 0.3) is 22.3 Å². The van der Waals surface area contributed by atoms with Gasteiger partial charge in [0, 0.05) is 37.3 Å². The van der Waals surface area contributed by atoms with Gasteiger partial charge in [0.05, 0.1) is 11.4 Å². The van der Waals surface area contributed by atoms with E-state index in [-0.39, 0.29) is 64.2 Å². The van der Waals surface area contributed by atoms with Gasteiger partial charge in [-0.2, -0.15) is 31.3 Å². The van der Waals surface area contributed by atoms with Crippen molar-refractivity contribution in [3.63, 3.8) is 0 Å². The van der Waals surface area contributed by atoms with Crippen molar-refractivity contribution in [3.8, 4) is 17.1 Å². The number of amides is 1. The second-order valence-corrected chi connectivity index (χ2v) is 12.2. The van der Waals surface area contributed by atoms with Gasteiger partial charge >= 0.3 is 23.9 Å². The average molecular weight is 698 g/mol. The molecule has 48 heavy (non-hydrogen) atoms. The van der Waals surface area contributed by atoms with Crippen molar-refractivity contribution in [2.75, 3.05) is 24.5 Å². The number of ether oxygens (including phenoxy) is 1. The first kappa shape index (κ1) is 33.3. The van der Waals surface area contributed by atoms with Crippen LogP contribution < -0.4 is 19.9 Å². The number of nitrogens with zero attached hydrogens (tertiary/aromatic N) is 6. The largest absolute Gasteiger partial charge is 0.518 e. The van der Waals surface area contributed by atoms with Crippen LogP contribution in [0.2, 0.25) is 5.02 Å². The van der Waals surface area contributed by atoms with Crippen LogP contribution in [0, 0.1) is 6.92 Å². The van der Waals surface area contributed by atoms with E-state index < -0.39 is 58.7 Å². The van der Waals surface area contributed by atoms with Crippen LogP contribution in [-0.2, 0) is 23.8 Å². The van der Waals surface area contributed by atoms with E-state index in [0.29, 0.717) is 11.3 Å². The molecule has 0 radical (unpaired) electrons. The summed E-state index contributed by atoms with van der Waals surface area (Å²) in [5, 5.41) is -0.249. The van der Waals surface area contributed by atoms with Crippen molar-refractivity contribution in [3.05, 3.63) is 75.1 Å². The third kappa shape index (κ3) is 5.25. The molecule has 1 amide bonds. The number of hydrogen-bond acceptors (Lipinski definition) is 7. The summed E-state index contributed by atoms with van der Waals surface area (Å²) < 4.78 is 96.5. The number of aromatic nitrogens is 4. The number of carbonyl (C=O) groups is 1. The first-order chi connectivity index (χ1) is 22.4. The van der Waals surface area contributed by atoms with E-state index in [9.17, 15) is 35.9 Å². The van der Waals surface area contributed by atoms with Gasteiger partial charge in [-0.05, 0) is 43.5 Å². The second-order valence-electron chi connectivity index (χ2n) is 11.8. The van der Waals surface area contributed by atoms with Crippen LogP contribution in [0.5, 0.6) is 5.75 Å². The number of carbonyl (C=O) groups excluding carboxylic acids is 1. The number of rotatable bonds is 4. The quantitative estimate of drug-likeness (QED) is 0.149. The number of fused-ring (bicyclic) bond motifs is 5. The lowest BCUT2D eigenvalue weighted by Crippen LogP contribution is -2.54. The van der Waals surface area contributed by atoms with Crippen molar-refractivity contribution in [1.82, 2.24) is 19.4 Å². The number of piperazine rings is 1. The summed E-state index contributed by atoms with van der Waals surface area (Å²) in [7, 11) is 0. The molecule has 0 aliphatic carbocycles. The van der Waals surface area contributed by atoms with E-state index in [2.05, 4.69) is 21.0 Å². The third-order valence-corrected chi connectivity index (χ3v) is 8.65. The molecule has 6 rings (SSSR count). The maximum absolute atomic E-state index is 14.3. The zero-order chi connectivity index (χ0) is 35.0. The molecule has 1 atom stereocenters. The number of benzene rings is 1. The SMILES string of the molecule is C=CC(=O)N1CCN(c2nc(=O)n(-c3c(C)ccnc3C(C)C)c3c4c(c(Cl)cc23)-[n+]2c(C(F)(F)F)oc(C(F)(F)F)c2CO4)[C@@H](C)C1. The molecule has 0 unspecified atom stereocenters. The van der Waals surface area contributed by atoms with E-state index >= 15 is 0 Å². The molecule has 2 aliphatic rings. The Bertz CT molecular complexity index is 2050. The van der Waals surface area contributed by atoms with Gasteiger partial charge in [-0.1, -0.05) is 32.0 Å². The maximum Gasteiger partial charge on any atom is 0.518 e. The molecule has 1 saturated heterocycles. The van der Waals surface area contributed by atoms with Crippen LogP contribution in [0.3, 0.4) is 0 Å². The van der Waals surface area contributed by atoms with Crippen LogP contribution in [-0.4, -0.2) is 51.0 Å². The minimum Gasteiger partial charge on any atom is -0.474 e. The number of aryl methyl sites for hydroxylation is 1. The normalized spacial score (nSPS) is 16.6. The third-order valence-electron chi connectivity index (χ3n) is 8.36. The molecule has 2 aliphatic heterocycles. The zero-order valence-electron chi connectivity index (χ0n) is 26.0. The Kier molecular flexibility index (Phi) is 8.00. The average Bonchev–Trinajstić information content (AvgIpc) is 3.42. The number of anilines is 1. The summed E-state index contributed by atoms with van der Waals surface area (Å²) in [5.74, 6) is -4.70. The van der Waals surface area contributed by atoms with Gasteiger partial charge in [0.15, 0.2) is 6.61 Å². The van der Waals surface area contributed by atoms with Crippen molar-refractivity contribution in [2.45, 2.75) is 58.6 Å². The highest BCUT2D eigenvalue weighted by atomic mass is 35.5. The van der Waals surface area contributed by atoms with Crippen molar-refractivity contribution in [2.24, 2.45) is 0 Å². The number of oxazole rings is 1. The fourth-order valence-corrected chi connectivity index (χ4v) is 6.57. The molecule has 0 spiro atoms. The first-order valence-electron chi connectivity index (χ1n) is 14.7. The zero-order valence-corrected chi connectivity index (χ0v) is 26.7. The highest BCUT2D eigenvalue weighted by Gasteiger charge is 2.57. The maximum atomic E-state index is 14.3. The summed E-state index contributed by atoms with van der Waals surface area (Å²) in [5.41, 5.74) is -1.20. The summed E-state index contributed by atoms with van der Waals surface area (Å²) >= 11 is 6.68. The van der Waals surface area contributed by atoms with Gasteiger partial charge in [-0.25, -0.2) is 4.79 Å². The Hall–Kier alpha value is -4.60. The van der Waals surface area contributed by atoms with Crippen molar-refractivity contribution < 1.29 is 44.9 Å². The monoisotopic (exact) mass is 697 g/mol. The summed E-state index contributed by atoms with van der Waals surface area (Å²) in [6, 6.07) is 2.47. The molecule has 10 nitrogen and oxygen atoms in total. The van der Waals surface area contributed by atoms with Gasteiger partial charge in [0.1, 0.15) is 16.4 Å². The molecule has 1 aromatic carbocycles. The predicted octanol–water partition coefficient (Wildman–Crippen LogP) is 5.89. The number of alkyl halides is 6. The molecular weight excluding hydrogens is 670 g/mol. The molecule has 0 N–H and O–H groups in total. The Morgan fingerprint density at radius 2 is 1.90 bits per heavy atom. The second kappa shape index (κ2) is 11.5. The van der Waals surface area contributed by atoms with E-state index in [1.165, 1.54) is 12.1 Å². The van der Waals surface area contributed by atoms with Gasteiger partial charge in [0.2, 0.25) is 11.7 Å². The first-order valence-corrected chi connectivity index (χ1v) is 15.1. The van der Waals surface area contributed by atoms with E-state index in [4.69, 9.17) is 16.3 Å². The van der Waals surface area contributed by atoms with Gasteiger partial charge in [0.25, 0.3) is 17.1 Å². The summed E-state index contributed by atoms with van der Waals surface area (Å²) in [6.45, 7) is 10.4. The summed E-state index contributed by atoms with van der Waals surface area (Å²) in [4.78, 5) is 38.7. The molecule has 0 saturated carbocycles. The Balaban J connectivity index is 1.74. The molecule has 17 heteroatoms. The molecular formula is C31H28ClF6N6O4+. The lowest BCUT2D eigenvalue weighted by molar-refractivity contribution is -0.639. The van der Waals surface area contributed by atoms with Crippen molar-refractivity contribution >= 4 is 34.2 Å². The molecule has 0 bridgehead atoms. The molecule has 1 fully saturated rings. The highest BCUT2D eigenvalue weighted by Crippen LogP contribution is 2.46. The molecule has 3 aromatic heterocycles. The lowest BCUT2D eigenvalue weighted by atomic mass is 10.0. The van der Waals surface area contributed by atoms with Crippen LogP contribution >= 0.6 is 11.6 Å². The molecule has 254 valence electrons. The number of halogens is 7. The number of pyridine rings is 1. The van der Waals surface area contributed by atoms with Crippen molar-refractivity contribution in [1.29, 1.82) is 0 Å². The molecule has 4 aromatic rings. The van der Waals surface area contributed by atoms with E-state index in [1.54, 1.807) is 35.9 Å². The van der Waals surface area contributed by atoms with Gasteiger partial charge < -0.3 is 19.0 Å². The van der Waals surface area contributed by atoms with Crippen LogP contribution in [0.1, 0.15) is 55.3 Å². The Morgan fingerprint density at radius 1 is 1.19 bits per heavy atom. The predicted molar refractivity (Wildman–Crippen MR) is 161 cm³/mol. The molecule has 5 heterocycles. The fourth-order valence-electron chi connectivity index (χ4n) is 6.29. The fraction of sp³-hybridized carbons (Fsp3) is 0.387. The Labute approximate surface area is 273 Å². The standard InChI is InChI=1S/C31H28ClF6N6O4/c1-6-20(45)41-9-10-42(16(5)12-41)27-17-11-18(32)24-25(47-13-19-26(30(33,34)35)48-28(43(19)24)31(36,37)38)23(17)44(29(46)40-27)22-15(4)7-8-39-21(22)14(2)3/h6-8,11,14,16H,1,9-10,12-13H2,2-5H3/q+1/t16-/m0/s1. The summed E-state index contributed by atoms with van der Waals surface area (Å²) in [6.07, 6.45) is -7.95. The van der Waals surface area contributed by atoms with Crippen LogP contribution in [0.15, 0.2) is 40.2 Å². The lowest BCUT2D eigenvalue weighted by Gasteiger charge is -2.40.